The van der Waals surface area contributed by atoms with Gasteiger partial charge in [-0.15, -0.1) is 0 Å². The predicted octanol–water partition coefficient (Wildman–Crippen LogP) is 3.73. The van der Waals surface area contributed by atoms with E-state index in [1.165, 1.54) is 6.08 Å². The van der Waals surface area contributed by atoms with Crippen LogP contribution in [0.2, 0.25) is 5.15 Å². The second-order valence-electron chi connectivity index (χ2n) is 3.53. The number of benzene rings is 1. The first kappa shape index (κ1) is 10.7. The van der Waals surface area contributed by atoms with Crippen LogP contribution in [0.25, 0.3) is 17.0 Å². The third-order valence-electron chi connectivity index (χ3n) is 2.29. The van der Waals surface area contributed by atoms with Crippen LogP contribution in [0.1, 0.15) is 11.1 Å². The first-order valence-corrected chi connectivity index (χ1v) is 5.21. The molecule has 1 aromatic heterocycles. The number of allylic oxidation sites excluding steroid dienone is 1. The minimum atomic E-state index is 0.421. The number of fused-ring (bicyclic) bond motifs is 1. The van der Waals surface area contributed by atoms with Crippen molar-refractivity contribution in [1.82, 2.24) is 4.98 Å². The molecule has 1 heterocycles. The number of nitrogens with zero attached hydrogens (tertiary/aromatic N) is 2. The van der Waals surface area contributed by atoms with Gasteiger partial charge in [0.05, 0.1) is 11.6 Å². The molecule has 3 heteroatoms. The molecule has 0 N–H and O–H groups in total. The van der Waals surface area contributed by atoms with E-state index < -0.39 is 0 Å². The molecule has 0 unspecified atom stereocenters. The molecule has 16 heavy (non-hydrogen) atoms. The zero-order chi connectivity index (χ0) is 11.5. The monoisotopic (exact) mass is 228 g/mol. The summed E-state index contributed by atoms with van der Waals surface area (Å²) in [6.07, 6.45) is 3.05. The minimum absolute atomic E-state index is 0.421. The Morgan fingerprint density at radius 2 is 2.19 bits per heavy atom. The summed E-state index contributed by atoms with van der Waals surface area (Å²) >= 11 is 6.02. The normalized spacial score (nSPS) is 10.8. The Morgan fingerprint density at radius 3 is 2.94 bits per heavy atom. The number of hydrogen-bond acceptors (Lipinski definition) is 2. The van der Waals surface area contributed by atoms with Crippen LogP contribution < -0.4 is 0 Å². The van der Waals surface area contributed by atoms with Crippen LogP contribution in [0, 0.1) is 18.3 Å². The molecule has 0 bridgehead atoms. The number of rotatable bonds is 1. The molecule has 2 rings (SSSR count). The van der Waals surface area contributed by atoms with Crippen LogP contribution in [0.15, 0.2) is 30.3 Å². The number of pyridine rings is 1. The van der Waals surface area contributed by atoms with Gasteiger partial charge >= 0.3 is 0 Å². The van der Waals surface area contributed by atoms with E-state index in [0.29, 0.717) is 5.15 Å². The van der Waals surface area contributed by atoms with Crippen LogP contribution in [0.3, 0.4) is 0 Å². The highest BCUT2D eigenvalue weighted by atomic mass is 35.5. The molecule has 0 saturated carbocycles. The van der Waals surface area contributed by atoms with E-state index in [-0.39, 0.29) is 0 Å². The van der Waals surface area contributed by atoms with Gasteiger partial charge in [-0.3, -0.25) is 0 Å². The lowest BCUT2D eigenvalue weighted by atomic mass is 10.1. The summed E-state index contributed by atoms with van der Waals surface area (Å²) in [5.41, 5.74) is 2.79. The lowest BCUT2D eigenvalue weighted by Crippen LogP contribution is -1.85. The number of aryl methyl sites for hydroxylation is 1. The van der Waals surface area contributed by atoms with Gasteiger partial charge < -0.3 is 0 Å². The van der Waals surface area contributed by atoms with Crippen LogP contribution in [-0.2, 0) is 0 Å². The summed E-state index contributed by atoms with van der Waals surface area (Å²) < 4.78 is 0. The predicted molar refractivity (Wildman–Crippen MR) is 66.1 cm³/mol. The van der Waals surface area contributed by atoms with E-state index in [4.69, 9.17) is 16.9 Å². The average molecular weight is 229 g/mol. The highest BCUT2D eigenvalue weighted by molar-refractivity contribution is 6.31. The van der Waals surface area contributed by atoms with E-state index in [1.807, 2.05) is 37.3 Å². The van der Waals surface area contributed by atoms with Crippen molar-refractivity contribution in [1.29, 1.82) is 5.26 Å². The number of nitriles is 1. The van der Waals surface area contributed by atoms with Crippen LogP contribution >= 0.6 is 11.6 Å². The Bertz CT molecular complexity index is 609. The first-order valence-electron chi connectivity index (χ1n) is 4.84. The van der Waals surface area contributed by atoms with E-state index in [1.54, 1.807) is 6.08 Å². The molecule has 0 aliphatic carbocycles. The molecule has 0 spiro atoms. The molecular formula is C13H9ClN2. The molecule has 0 radical (unpaired) electrons. The Labute approximate surface area is 98.8 Å². The van der Waals surface area contributed by atoms with E-state index >= 15 is 0 Å². The van der Waals surface area contributed by atoms with Crippen molar-refractivity contribution < 1.29 is 0 Å². The number of aromatic nitrogens is 1. The van der Waals surface area contributed by atoms with Crippen molar-refractivity contribution >= 4 is 28.6 Å². The highest BCUT2D eigenvalue weighted by Crippen LogP contribution is 2.22. The maximum absolute atomic E-state index is 8.47. The topological polar surface area (TPSA) is 36.7 Å². The Morgan fingerprint density at radius 1 is 1.38 bits per heavy atom. The van der Waals surface area contributed by atoms with Crippen molar-refractivity contribution in [3.05, 3.63) is 46.6 Å². The highest BCUT2D eigenvalue weighted by Gasteiger charge is 2.02. The van der Waals surface area contributed by atoms with Crippen molar-refractivity contribution in [2.75, 3.05) is 0 Å². The molecule has 0 fully saturated rings. The van der Waals surface area contributed by atoms with E-state index in [2.05, 4.69) is 4.98 Å². The third-order valence-corrected chi connectivity index (χ3v) is 2.59. The zero-order valence-electron chi connectivity index (χ0n) is 8.74. The standard InChI is InChI=1S/C13H9ClN2/c1-9-4-5-10-8-11(3-2-6-15)13(14)16-12(10)7-9/h2-5,7-8H,1H3. The van der Waals surface area contributed by atoms with Gasteiger partial charge in [-0.1, -0.05) is 23.7 Å². The Kier molecular flexibility index (Phi) is 2.89. The SMILES string of the molecule is Cc1ccc2cc(C=CC#N)c(Cl)nc2c1. The lowest BCUT2D eigenvalue weighted by Gasteiger charge is -2.02. The van der Waals surface area contributed by atoms with Gasteiger partial charge in [-0.2, -0.15) is 5.26 Å². The van der Waals surface area contributed by atoms with Gasteiger partial charge in [-0.05, 0) is 30.7 Å². The molecule has 0 atom stereocenters. The zero-order valence-corrected chi connectivity index (χ0v) is 9.49. The molecule has 1 aromatic carbocycles. The van der Waals surface area contributed by atoms with Crippen molar-refractivity contribution in [2.24, 2.45) is 0 Å². The summed E-state index contributed by atoms with van der Waals surface area (Å²) in [4.78, 5) is 4.29. The van der Waals surface area contributed by atoms with Crippen molar-refractivity contribution in [3.8, 4) is 6.07 Å². The van der Waals surface area contributed by atoms with Gasteiger partial charge in [0.25, 0.3) is 0 Å². The van der Waals surface area contributed by atoms with E-state index in [0.717, 1.165) is 22.0 Å². The van der Waals surface area contributed by atoms with Gasteiger partial charge in [0, 0.05) is 17.0 Å². The maximum atomic E-state index is 8.47. The van der Waals surface area contributed by atoms with E-state index in [9.17, 15) is 0 Å². The summed E-state index contributed by atoms with van der Waals surface area (Å²) in [5, 5.41) is 9.91. The van der Waals surface area contributed by atoms with Gasteiger partial charge in [-0.25, -0.2) is 4.98 Å². The smallest absolute Gasteiger partial charge is 0.137 e. The molecule has 0 saturated heterocycles. The van der Waals surface area contributed by atoms with Crippen LogP contribution in [0.5, 0.6) is 0 Å². The summed E-state index contributed by atoms with van der Waals surface area (Å²) in [7, 11) is 0. The van der Waals surface area contributed by atoms with Crippen molar-refractivity contribution in [2.45, 2.75) is 6.92 Å². The lowest BCUT2D eigenvalue weighted by molar-refractivity contribution is 1.37. The molecule has 0 aliphatic rings. The van der Waals surface area contributed by atoms with Crippen molar-refractivity contribution in [3.63, 3.8) is 0 Å². The number of hydrogen-bond donors (Lipinski definition) is 0. The summed E-state index contributed by atoms with van der Waals surface area (Å²) in [5.74, 6) is 0. The second-order valence-corrected chi connectivity index (χ2v) is 3.89. The fourth-order valence-corrected chi connectivity index (χ4v) is 1.72. The van der Waals surface area contributed by atoms with Gasteiger partial charge in [0.1, 0.15) is 5.15 Å². The quantitative estimate of drug-likeness (QED) is 0.551. The summed E-state index contributed by atoms with van der Waals surface area (Å²) in [6.45, 7) is 2.01. The average Bonchev–Trinajstić information content (AvgIpc) is 2.26. The third kappa shape index (κ3) is 2.05. The largest absolute Gasteiger partial charge is 0.235 e. The Balaban J connectivity index is 2.63. The molecule has 2 aromatic rings. The molecule has 0 amide bonds. The molecule has 2 nitrogen and oxygen atoms in total. The van der Waals surface area contributed by atoms with Crippen LogP contribution in [0.4, 0.5) is 0 Å². The Hall–Kier alpha value is -1.85. The molecule has 78 valence electrons. The van der Waals surface area contributed by atoms with Gasteiger partial charge in [0.2, 0.25) is 0 Å². The maximum Gasteiger partial charge on any atom is 0.137 e. The number of halogens is 1. The fourth-order valence-electron chi connectivity index (χ4n) is 1.51. The molecular weight excluding hydrogens is 220 g/mol. The fraction of sp³-hybridized carbons (Fsp3) is 0.0769. The first-order chi connectivity index (χ1) is 7.70. The van der Waals surface area contributed by atoms with Crippen LogP contribution in [-0.4, -0.2) is 4.98 Å². The molecule has 0 aliphatic heterocycles. The second kappa shape index (κ2) is 4.34. The summed E-state index contributed by atoms with van der Waals surface area (Å²) in [6, 6.07) is 9.87. The van der Waals surface area contributed by atoms with Gasteiger partial charge in [0.15, 0.2) is 0 Å². The minimum Gasteiger partial charge on any atom is -0.235 e.